The molecule has 2 fully saturated rings. The van der Waals surface area contributed by atoms with Crippen LogP contribution in [0.1, 0.15) is 50.2 Å². The molecule has 126 valence electrons. The van der Waals surface area contributed by atoms with Crippen molar-refractivity contribution in [1.82, 2.24) is 9.80 Å². The Hall–Kier alpha value is -1.35. The van der Waals surface area contributed by atoms with E-state index in [-0.39, 0.29) is 5.92 Å². The molecule has 1 heterocycles. The van der Waals surface area contributed by atoms with Crippen LogP contribution in [0.4, 0.5) is 0 Å². The molecule has 3 heteroatoms. The van der Waals surface area contributed by atoms with Crippen LogP contribution in [-0.2, 0) is 4.79 Å². The Labute approximate surface area is 140 Å². The second-order valence-electron chi connectivity index (χ2n) is 7.67. The zero-order valence-corrected chi connectivity index (χ0v) is 15.0. The van der Waals surface area contributed by atoms with E-state index < -0.39 is 0 Å². The standard InChI is InChI=1S/C20H30N2O/c1-14(2)22-10-8-17(9-11-22)21(4)20(23)19-13-18(19)16-7-5-6-15(3)12-16/h5-7,12,14,17-19H,8-11,13H2,1-4H3. The van der Waals surface area contributed by atoms with E-state index in [2.05, 4.69) is 54.8 Å². The maximum Gasteiger partial charge on any atom is 0.226 e. The van der Waals surface area contributed by atoms with Crippen molar-refractivity contribution in [2.24, 2.45) is 5.92 Å². The molecule has 2 aliphatic rings. The molecule has 3 rings (SSSR count). The van der Waals surface area contributed by atoms with Gasteiger partial charge in [0.05, 0.1) is 0 Å². The van der Waals surface area contributed by atoms with Crippen LogP contribution in [-0.4, -0.2) is 47.9 Å². The van der Waals surface area contributed by atoms with Crippen LogP contribution >= 0.6 is 0 Å². The van der Waals surface area contributed by atoms with Crippen molar-refractivity contribution >= 4 is 5.91 Å². The minimum absolute atomic E-state index is 0.213. The molecular weight excluding hydrogens is 284 g/mol. The molecule has 0 spiro atoms. The predicted octanol–water partition coefficient (Wildman–Crippen LogP) is 3.43. The largest absolute Gasteiger partial charge is 0.342 e. The van der Waals surface area contributed by atoms with Crippen LogP contribution in [0, 0.1) is 12.8 Å². The number of aryl methyl sites for hydroxylation is 1. The van der Waals surface area contributed by atoms with E-state index in [4.69, 9.17) is 0 Å². The molecule has 0 aromatic heterocycles. The Morgan fingerprint density at radius 2 is 1.96 bits per heavy atom. The second-order valence-corrected chi connectivity index (χ2v) is 7.67. The number of carbonyl (C=O) groups excluding carboxylic acids is 1. The highest BCUT2D eigenvalue weighted by Gasteiger charge is 2.46. The molecule has 0 N–H and O–H groups in total. The Balaban J connectivity index is 1.55. The van der Waals surface area contributed by atoms with Gasteiger partial charge in [-0.15, -0.1) is 0 Å². The van der Waals surface area contributed by atoms with E-state index in [9.17, 15) is 4.79 Å². The van der Waals surface area contributed by atoms with Crippen LogP contribution in [0.15, 0.2) is 24.3 Å². The number of likely N-dealkylation sites (tertiary alicyclic amines) is 1. The summed E-state index contributed by atoms with van der Waals surface area (Å²) in [5, 5.41) is 0. The van der Waals surface area contributed by atoms with Gasteiger partial charge in [0, 0.05) is 38.1 Å². The number of amides is 1. The summed E-state index contributed by atoms with van der Waals surface area (Å²) < 4.78 is 0. The average molecular weight is 314 g/mol. The molecule has 1 saturated heterocycles. The SMILES string of the molecule is Cc1cccc(C2CC2C(=O)N(C)C2CCN(C(C)C)CC2)c1. The molecule has 1 saturated carbocycles. The Morgan fingerprint density at radius 3 is 2.57 bits per heavy atom. The molecular formula is C20H30N2O. The molecule has 1 aromatic rings. The highest BCUT2D eigenvalue weighted by molar-refractivity contribution is 5.83. The molecule has 2 unspecified atom stereocenters. The second kappa shape index (κ2) is 6.64. The highest BCUT2D eigenvalue weighted by atomic mass is 16.2. The number of carbonyl (C=O) groups is 1. The van der Waals surface area contributed by atoms with E-state index in [0.29, 0.717) is 23.9 Å². The maximum atomic E-state index is 12.8. The topological polar surface area (TPSA) is 23.6 Å². The number of nitrogens with zero attached hydrogens (tertiary/aromatic N) is 2. The van der Waals surface area contributed by atoms with E-state index in [1.807, 2.05) is 7.05 Å². The van der Waals surface area contributed by atoms with Crippen LogP contribution in [0.5, 0.6) is 0 Å². The third kappa shape index (κ3) is 3.60. The van der Waals surface area contributed by atoms with Crippen molar-refractivity contribution in [3.8, 4) is 0 Å². The smallest absolute Gasteiger partial charge is 0.226 e. The van der Waals surface area contributed by atoms with Gasteiger partial charge in [0.15, 0.2) is 0 Å². The monoisotopic (exact) mass is 314 g/mol. The van der Waals surface area contributed by atoms with Gasteiger partial charge < -0.3 is 9.80 Å². The summed E-state index contributed by atoms with van der Waals surface area (Å²) in [4.78, 5) is 17.4. The van der Waals surface area contributed by atoms with Crippen molar-refractivity contribution in [3.05, 3.63) is 35.4 Å². The van der Waals surface area contributed by atoms with Crippen LogP contribution in [0.3, 0.4) is 0 Å². The summed E-state index contributed by atoms with van der Waals surface area (Å²) >= 11 is 0. The lowest BCUT2D eigenvalue weighted by atomic mass is 10.0. The summed E-state index contributed by atoms with van der Waals surface area (Å²) in [5.74, 6) is 1.02. The van der Waals surface area contributed by atoms with E-state index in [1.165, 1.54) is 11.1 Å². The van der Waals surface area contributed by atoms with Crippen LogP contribution < -0.4 is 0 Å². The molecule has 0 radical (unpaired) electrons. The minimum atomic E-state index is 0.213. The molecule has 23 heavy (non-hydrogen) atoms. The van der Waals surface area contributed by atoms with Crippen molar-refractivity contribution < 1.29 is 4.79 Å². The van der Waals surface area contributed by atoms with E-state index in [1.54, 1.807) is 0 Å². The molecule has 1 amide bonds. The lowest BCUT2D eigenvalue weighted by Crippen LogP contribution is -2.47. The first-order valence-electron chi connectivity index (χ1n) is 9.04. The molecule has 2 atom stereocenters. The maximum absolute atomic E-state index is 12.8. The molecule has 1 aliphatic carbocycles. The van der Waals surface area contributed by atoms with Crippen molar-refractivity contribution in [1.29, 1.82) is 0 Å². The van der Waals surface area contributed by atoms with Gasteiger partial charge in [-0.3, -0.25) is 4.79 Å². The Kier molecular flexibility index (Phi) is 4.77. The van der Waals surface area contributed by atoms with Gasteiger partial charge in [-0.2, -0.15) is 0 Å². The molecule has 0 bridgehead atoms. The van der Waals surface area contributed by atoms with Crippen molar-refractivity contribution in [2.75, 3.05) is 20.1 Å². The summed E-state index contributed by atoms with van der Waals surface area (Å²) in [6.07, 6.45) is 3.25. The third-order valence-electron chi connectivity index (χ3n) is 5.70. The predicted molar refractivity (Wildman–Crippen MR) is 94.5 cm³/mol. The fourth-order valence-electron chi connectivity index (χ4n) is 3.97. The zero-order valence-electron chi connectivity index (χ0n) is 15.0. The normalized spacial score (nSPS) is 25.6. The first-order chi connectivity index (χ1) is 11.0. The number of hydrogen-bond donors (Lipinski definition) is 0. The van der Waals surface area contributed by atoms with E-state index in [0.717, 1.165) is 32.4 Å². The van der Waals surface area contributed by atoms with Gasteiger partial charge in [-0.05, 0) is 51.5 Å². The Bertz CT molecular complexity index is 561. The number of piperidine rings is 1. The molecule has 1 aromatic carbocycles. The fraction of sp³-hybridized carbons (Fsp3) is 0.650. The van der Waals surface area contributed by atoms with Gasteiger partial charge in [-0.1, -0.05) is 29.8 Å². The number of benzene rings is 1. The van der Waals surface area contributed by atoms with Gasteiger partial charge in [0.1, 0.15) is 0 Å². The van der Waals surface area contributed by atoms with Crippen LogP contribution in [0.25, 0.3) is 0 Å². The highest BCUT2D eigenvalue weighted by Crippen LogP contribution is 2.48. The summed E-state index contributed by atoms with van der Waals surface area (Å²) in [6, 6.07) is 9.68. The number of hydrogen-bond acceptors (Lipinski definition) is 2. The third-order valence-corrected chi connectivity index (χ3v) is 5.70. The lowest BCUT2D eigenvalue weighted by Gasteiger charge is -2.38. The molecule has 1 aliphatic heterocycles. The number of rotatable bonds is 4. The van der Waals surface area contributed by atoms with Crippen LogP contribution in [0.2, 0.25) is 0 Å². The van der Waals surface area contributed by atoms with Gasteiger partial charge in [-0.25, -0.2) is 0 Å². The fourth-order valence-corrected chi connectivity index (χ4v) is 3.97. The first-order valence-corrected chi connectivity index (χ1v) is 9.04. The average Bonchev–Trinajstić information content (AvgIpc) is 3.34. The van der Waals surface area contributed by atoms with Gasteiger partial charge in [0.25, 0.3) is 0 Å². The first kappa shape index (κ1) is 16.5. The van der Waals surface area contributed by atoms with Gasteiger partial charge >= 0.3 is 0 Å². The summed E-state index contributed by atoms with van der Waals surface area (Å²) in [5.41, 5.74) is 2.63. The van der Waals surface area contributed by atoms with E-state index >= 15 is 0 Å². The lowest BCUT2D eigenvalue weighted by molar-refractivity contribution is -0.134. The zero-order chi connectivity index (χ0) is 16.6. The van der Waals surface area contributed by atoms with Crippen molar-refractivity contribution in [2.45, 2.75) is 58.0 Å². The Morgan fingerprint density at radius 1 is 1.26 bits per heavy atom. The quantitative estimate of drug-likeness (QED) is 0.850. The minimum Gasteiger partial charge on any atom is -0.342 e. The summed E-state index contributed by atoms with van der Waals surface area (Å²) in [6.45, 7) is 8.87. The van der Waals surface area contributed by atoms with Crippen molar-refractivity contribution in [3.63, 3.8) is 0 Å². The summed E-state index contributed by atoms with van der Waals surface area (Å²) in [7, 11) is 2.02. The molecule has 3 nitrogen and oxygen atoms in total. The van der Waals surface area contributed by atoms with Gasteiger partial charge in [0.2, 0.25) is 5.91 Å².